The van der Waals surface area contributed by atoms with E-state index in [-0.39, 0.29) is 0 Å². The van der Waals surface area contributed by atoms with Crippen molar-refractivity contribution in [2.24, 2.45) is 5.11 Å². The molecular weight excluding hydrogens is 382 g/mol. The van der Waals surface area contributed by atoms with Crippen LogP contribution >= 0.6 is 24.0 Å². The minimum atomic E-state index is 0.425. The number of thiol groups is 1. The molecule has 0 saturated heterocycles. The Morgan fingerprint density at radius 1 is 1.04 bits per heavy atom. The Morgan fingerprint density at radius 2 is 1.89 bits per heavy atom. The van der Waals surface area contributed by atoms with Crippen LogP contribution in [0.2, 0.25) is 0 Å². The first-order valence-electron chi connectivity index (χ1n) is 9.45. The summed E-state index contributed by atoms with van der Waals surface area (Å²) in [5.41, 5.74) is 12.8. The lowest BCUT2D eigenvalue weighted by Crippen LogP contribution is -2.04. The number of benzene rings is 3. The van der Waals surface area contributed by atoms with E-state index in [1.54, 1.807) is 11.3 Å². The van der Waals surface area contributed by atoms with E-state index in [4.69, 9.17) is 5.53 Å². The highest BCUT2D eigenvalue weighted by molar-refractivity contribution is 7.80. The van der Waals surface area contributed by atoms with Crippen molar-refractivity contribution in [2.75, 3.05) is 0 Å². The van der Waals surface area contributed by atoms with Gasteiger partial charge in [0, 0.05) is 15.2 Å². The maximum Gasteiger partial charge on any atom is 0.0517 e. The van der Waals surface area contributed by atoms with Gasteiger partial charge in [0.1, 0.15) is 0 Å². The zero-order chi connectivity index (χ0) is 19.3. The molecule has 0 unspecified atom stereocenters. The number of nitrogens with zero attached hydrogens (tertiary/aromatic N) is 3. The lowest BCUT2D eigenvalue weighted by atomic mass is 9.84. The number of rotatable bonds is 2. The Balaban J connectivity index is 0.000000275. The van der Waals surface area contributed by atoms with Gasteiger partial charge in [0.25, 0.3) is 0 Å². The molecule has 4 aromatic rings. The lowest BCUT2D eigenvalue weighted by Gasteiger charge is -2.21. The summed E-state index contributed by atoms with van der Waals surface area (Å²) in [4.78, 5) is 4.01. The Hall–Kier alpha value is -2.46. The van der Waals surface area contributed by atoms with Crippen LogP contribution in [0.1, 0.15) is 29.5 Å². The van der Waals surface area contributed by atoms with Gasteiger partial charge < -0.3 is 0 Å². The van der Waals surface area contributed by atoms with Gasteiger partial charge in [0.2, 0.25) is 0 Å². The average molecular weight is 404 g/mol. The quantitative estimate of drug-likeness (QED) is 0.117. The van der Waals surface area contributed by atoms with Crippen LogP contribution in [0, 0.1) is 0 Å². The Bertz CT molecular complexity index is 1160. The topological polar surface area (TPSA) is 48.8 Å². The van der Waals surface area contributed by atoms with Crippen LogP contribution in [0.15, 0.2) is 69.3 Å². The largest absolute Gasteiger partial charge is 0.151 e. The van der Waals surface area contributed by atoms with E-state index in [0.29, 0.717) is 6.54 Å². The van der Waals surface area contributed by atoms with Crippen LogP contribution in [0.25, 0.3) is 32.0 Å². The smallest absolute Gasteiger partial charge is 0.0517 e. The highest BCUT2D eigenvalue weighted by Crippen LogP contribution is 2.36. The molecule has 0 radical (unpaired) electrons. The van der Waals surface area contributed by atoms with Crippen molar-refractivity contribution in [1.82, 2.24) is 0 Å². The fourth-order valence-electron chi connectivity index (χ4n) is 4.04. The minimum absolute atomic E-state index is 0.425. The van der Waals surface area contributed by atoms with Gasteiger partial charge >= 0.3 is 0 Å². The van der Waals surface area contributed by atoms with Crippen LogP contribution in [0.4, 0.5) is 0 Å². The molecule has 0 aliphatic heterocycles. The maximum atomic E-state index is 8.71. The zero-order valence-electron chi connectivity index (χ0n) is 15.5. The summed E-state index contributed by atoms with van der Waals surface area (Å²) < 4.78 is 0. The number of aryl methyl sites for hydroxylation is 2. The molecule has 0 atom stereocenters. The summed E-state index contributed by atoms with van der Waals surface area (Å²) in [7, 11) is 0. The lowest BCUT2D eigenvalue weighted by molar-refractivity contribution is 0.689. The Morgan fingerprint density at radius 3 is 2.64 bits per heavy atom. The molecular formula is C23H21N3S2. The van der Waals surface area contributed by atoms with E-state index in [2.05, 4.69) is 65.1 Å². The van der Waals surface area contributed by atoms with Crippen LogP contribution in [0.3, 0.4) is 0 Å². The molecule has 140 valence electrons. The molecule has 5 heteroatoms. The fraction of sp³-hybridized carbons (Fsp3) is 0.217. The highest BCUT2D eigenvalue weighted by atomic mass is 32.1. The predicted molar refractivity (Wildman–Crippen MR) is 123 cm³/mol. The molecule has 1 aromatic heterocycles. The van der Waals surface area contributed by atoms with Crippen molar-refractivity contribution in [2.45, 2.75) is 37.1 Å². The van der Waals surface area contributed by atoms with E-state index in [9.17, 15) is 0 Å². The van der Waals surface area contributed by atoms with Crippen molar-refractivity contribution in [3.8, 4) is 0 Å². The van der Waals surface area contributed by atoms with Crippen molar-refractivity contribution < 1.29 is 0 Å². The molecule has 28 heavy (non-hydrogen) atoms. The van der Waals surface area contributed by atoms with Gasteiger partial charge in [-0.25, -0.2) is 0 Å². The Kier molecular flexibility index (Phi) is 5.87. The summed E-state index contributed by atoms with van der Waals surface area (Å²) >= 11 is 5.71. The summed E-state index contributed by atoms with van der Waals surface area (Å²) in [6.45, 7) is 0.425. The molecule has 1 heterocycles. The first kappa shape index (κ1) is 18.9. The number of hydrogen-bond acceptors (Lipinski definition) is 3. The molecule has 3 aromatic carbocycles. The number of thiophene rings is 1. The molecule has 0 bridgehead atoms. The van der Waals surface area contributed by atoms with Gasteiger partial charge in [-0.1, -0.05) is 47.6 Å². The summed E-state index contributed by atoms with van der Waals surface area (Å²) in [6, 6.07) is 17.2. The standard InChI is InChI=1S/C19H17N3.C4H4S2/c20-22-21-12-15-11-14-6-2-3-7-16(14)18-10-9-13-5-1-4-8-17(13)19(15)18;5-4-1-2-6-3-4/h2-3,6-7,9-11H,1,4-5,8,12H2;1-3,5H. The van der Waals surface area contributed by atoms with Crippen molar-refractivity contribution in [3.63, 3.8) is 0 Å². The Labute approximate surface area is 174 Å². The molecule has 0 saturated carbocycles. The van der Waals surface area contributed by atoms with Gasteiger partial charge in [0.15, 0.2) is 0 Å². The monoisotopic (exact) mass is 403 g/mol. The van der Waals surface area contributed by atoms with E-state index >= 15 is 0 Å². The molecule has 0 fully saturated rings. The highest BCUT2D eigenvalue weighted by Gasteiger charge is 2.16. The van der Waals surface area contributed by atoms with Gasteiger partial charge in [-0.15, -0.1) is 12.6 Å². The third-order valence-electron chi connectivity index (χ3n) is 5.25. The second-order valence-electron chi connectivity index (χ2n) is 6.96. The molecule has 0 spiro atoms. The second kappa shape index (κ2) is 8.70. The van der Waals surface area contributed by atoms with E-state index < -0.39 is 0 Å². The van der Waals surface area contributed by atoms with Crippen molar-refractivity contribution in [1.29, 1.82) is 0 Å². The number of fused-ring (bicyclic) bond motifs is 5. The second-order valence-corrected chi connectivity index (χ2v) is 8.26. The van der Waals surface area contributed by atoms with Crippen molar-refractivity contribution >= 4 is 45.5 Å². The molecule has 5 rings (SSSR count). The van der Waals surface area contributed by atoms with Gasteiger partial charge in [-0.05, 0) is 80.9 Å². The summed E-state index contributed by atoms with van der Waals surface area (Å²) in [5.74, 6) is 0. The molecule has 0 N–H and O–H groups in total. The first-order chi connectivity index (χ1) is 13.8. The number of hydrogen-bond donors (Lipinski definition) is 1. The third-order valence-corrected chi connectivity index (χ3v) is 6.38. The van der Waals surface area contributed by atoms with Crippen molar-refractivity contribution in [3.05, 3.63) is 86.4 Å². The van der Waals surface area contributed by atoms with E-state index in [0.717, 1.165) is 16.9 Å². The normalized spacial score (nSPS) is 12.8. The zero-order valence-corrected chi connectivity index (χ0v) is 17.2. The molecule has 3 nitrogen and oxygen atoms in total. The van der Waals surface area contributed by atoms with Gasteiger partial charge in [0.05, 0.1) is 6.54 Å². The minimum Gasteiger partial charge on any atom is -0.151 e. The number of azide groups is 1. The van der Waals surface area contributed by atoms with Crippen LogP contribution in [0.5, 0.6) is 0 Å². The van der Waals surface area contributed by atoms with Gasteiger partial charge in [-0.3, -0.25) is 0 Å². The molecule has 0 amide bonds. The third kappa shape index (κ3) is 3.88. The summed E-state index contributed by atoms with van der Waals surface area (Å²) in [6.07, 6.45) is 4.82. The van der Waals surface area contributed by atoms with Gasteiger partial charge in [-0.2, -0.15) is 11.3 Å². The first-order valence-corrected chi connectivity index (χ1v) is 10.8. The van der Waals surface area contributed by atoms with Crippen LogP contribution < -0.4 is 0 Å². The maximum absolute atomic E-state index is 8.71. The molecule has 1 aliphatic rings. The summed E-state index contributed by atoms with van der Waals surface area (Å²) in [5, 5.41) is 12.9. The van der Waals surface area contributed by atoms with E-state index in [1.165, 1.54) is 51.9 Å². The van der Waals surface area contributed by atoms with Crippen LogP contribution in [-0.4, -0.2) is 0 Å². The van der Waals surface area contributed by atoms with E-state index in [1.807, 2.05) is 16.8 Å². The average Bonchev–Trinajstić information content (AvgIpc) is 3.23. The predicted octanol–water partition coefficient (Wildman–Crippen LogP) is 7.72. The SMILES string of the molecule is Sc1ccsc1.[N-]=[N+]=NCc1cc2ccccc2c2ccc3c(c12)CCCC3. The molecule has 1 aliphatic carbocycles. The fourth-order valence-corrected chi connectivity index (χ4v) is 4.92. The van der Waals surface area contributed by atoms with Crippen LogP contribution in [-0.2, 0) is 19.4 Å².